The summed E-state index contributed by atoms with van der Waals surface area (Å²) in [6.45, 7) is 4.86. The molecule has 0 radical (unpaired) electrons. The van der Waals surface area contributed by atoms with E-state index < -0.39 is 12.2 Å². The van der Waals surface area contributed by atoms with Crippen LogP contribution in [0.3, 0.4) is 0 Å². The number of thioether (sulfide) groups is 1. The molecule has 11 heteroatoms. The van der Waals surface area contributed by atoms with Gasteiger partial charge in [0.05, 0.1) is 19.9 Å². The lowest BCUT2D eigenvalue weighted by molar-refractivity contribution is -0.132. The fraction of sp³-hybridized carbons (Fsp3) is 0.346. The van der Waals surface area contributed by atoms with Crippen molar-refractivity contribution < 1.29 is 28.5 Å². The Kier molecular flexibility index (Phi) is 8.12. The Balaban J connectivity index is 1.90. The van der Waals surface area contributed by atoms with E-state index in [4.69, 9.17) is 18.9 Å². The number of esters is 1. The van der Waals surface area contributed by atoms with Gasteiger partial charge >= 0.3 is 5.97 Å². The SMILES string of the molecule is CCCCSc1nnc2c(n1)O[C@H](c1cc(OC)c(OC(C)=O)c(OC)c1)N(C(C)=O)c1ccccc1-2. The molecule has 37 heavy (non-hydrogen) atoms. The van der Waals surface area contributed by atoms with Crippen molar-refractivity contribution in [1.29, 1.82) is 0 Å². The summed E-state index contributed by atoms with van der Waals surface area (Å²) in [5.74, 6) is 0.914. The zero-order valence-electron chi connectivity index (χ0n) is 21.3. The number of unbranched alkanes of at least 4 members (excludes halogenated alkanes) is 1. The van der Waals surface area contributed by atoms with Crippen LogP contribution in [0.4, 0.5) is 5.69 Å². The van der Waals surface area contributed by atoms with E-state index in [1.165, 1.54) is 44.7 Å². The fourth-order valence-electron chi connectivity index (χ4n) is 3.93. The van der Waals surface area contributed by atoms with E-state index in [9.17, 15) is 9.59 Å². The maximum absolute atomic E-state index is 13.1. The molecule has 0 fully saturated rings. The molecule has 1 amide bonds. The summed E-state index contributed by atoms with van der Waals surface area (Å²) in [7, 11) is 2.90. The first-order chi connectivity index (χ1) is 17.9. The minimum absolute atomic E-state index is 0.128. The van der Waals surface area contributed by atoms with E-state index in [1.54, 1.807) is 12.1 Å². The predicted octanol–water partition coefficient (Wildman–Crippen LogP) is 4.82. The quantitative estimate of drug-likeness (QED) is 0.176. The van der Waals surface area contributed by atoms with Crippen LogP contribution >= 0.6 is 11.8 Å². The molecule has 0 unspecified atom stereocenters. The normalized spacial score (nSPS) is 14.1. The van der Waals surface area contributed by atoms with Crippen molar-refractivity contribution in [3.63, 3.8) is 0 Å². The standard InChI is InChI=1S/C26H28N4O6S/c1-6-7-12-37-26-27-24-22(28-29-26)18-10-8-9-11-19(18)30(15(2)31)25(36-24)17-13-20(33-4)23(35-16(3)32)21(14-17)34-5/h8-11,13-14,25H,6-7,12H2,1-5H3/t25-/m1/s1. The topological polar surface area (TPSA) is 113 Å². The Labute approximate surface area is 219 Å². The highest BCUT2D eigenvalue weighted by molar-refractivity contribution is 7.99. The number of anilines is 1. The fourth-order valence-corrected chi connectivity index (χ4v) is 4.79. The van der Waals surface area contributed by atoms with Crippen molar-refractivity contribution in [2.45, 2.75) is 45.0 Å². The summed E-state index contributed by atoms with van der Waals surface area (Å²) >= 11 is 1.50. The highest BCUT2D eigenvalue weighted by Crippen LogP contribution is 2.46. The molecular weight excluding hydrogens is 496 g/mol. The number of methoxy groups -OCH3 is 2. The van der Waals surface area contributed by atoms with Crippen molar-refractivity contribution >= 4 is 29.3 Å². The van der Waals surface area contributed by atoms with Gasteiger partial charge < -0.3 is 18.9 Å². The Morgan fingerprint density at radius 1 is 1.08 bits per heavy atom. The van der Waals surface area contributed by atoms with Crippen LogP contribution in [-0.2, 0) is 9.59 Å². The zero-order valence-corrected chi connectivity index (χ0v) is 22.1. The number of benzene rings is 2. The van der Waals surface area contributed by atoms with Crippen LogP contribution in [0.5, 0.6) is 23.1 Å². The lowest BCUT2D eigenvalue weighted by atomic mass is 10.1. The number of hydrogen-bond donors (Lipinski definition) is 0. The summed E-state index contributed by atoms with van der Waals surface area (Å²) in [5, 5.41) is 9.21. The van der Waals surface area contributed by atoms with Gasteiger partial charge in [-0.2, -0.15) is 4.98 Å². The van der Waals surface area contributed by atoms with Crippen LogP contribution in [0, 0.1) is 0 Å². The zero-order chi connectivity index (χ0) is 26.5. The predicted molar refractivity (Wildman–Crippen MR) is 138 cm³/mol. The van der Waals surface area contributed by atoms with Gasteiger partial charge in [0, 0.05) is 30.7 Å². The van der Waals surface area contributed by atoms with E-state index in [-0.39, 0.29) is 29.0 Å². The first kappa shape index (κ1) is 26.2. The van der Waals surface area contributed by atoms with Crippen LogP contribution in [0.15, 0.2) is 41.6 Å². The Hall–Kier alpha value is -3.86. The first-order valence-corrected chi connectivity index (χ1v) is 12.7. The molecule has 0 N–H and O–H groups in total. The summed E-state index contributed by atoms with van der Waals surface area (Å²) < 4.78 is 22.8. The third-order valence-electron chi connectivity index (χ3n) is 5.59. The van der Waals surface area contributed by atoms with Crippen LogP contribution < -0.4 is 23.8 Å². The van der Waals surface area contributed by atoms with Crippen molar-refractivity contribution in [3.05, 3.63) is 42.0 Å². The molecule has 0 saturated carbocycles. The van der Waals surface area contributed by atoms with E-state index in [2.05, 4.69) is 22.1 Å². The van der Waals surface area contributed by atoms with Gasteiger partial charge in [-0.15, -0.1) is 10.2 Å². The van der Waals surface area contributed by atoms with Crippen molar-refractivity contribution in [2.24, 2.45) is 0 Å². The largest absolute Gasteiger partial charge is 0.493 e. The second-order valence-electron chi connectivity index (χ2n) is 8.17. The van der Waals surface area contributed by atoms with Crippen LogP contribution in [0.1, 0.15) is 45.4 Å². The van der Waals surface area contributed by atoms with E-state index in [0.29, 0.717) is 27.7 Å². The summed E-state index contributed by atoms with van der Waals surface area (Å²) in [5.41, 5.74) is 2.19. The minimum atomic E-state index is -0.959. The van der Waals surface area contributed by atoms with Crippen molar-refractivity contribution in [3.8, 4) is 34.4 Å². The molecule has 194 valence electrons. The lowest BCUT2D eigenvalue weighted by Gasteiger charge is -2.30. The number of fused-ring (bicyclic) bond motifs is 3. The van der Waals surface area contributed by atoms with E-state index in [0.717, 1.165) is 18.6 Å². The van der Waals surface area contributed by atoms with Crippen LogP contribution in [0.25, 0.3) is 11.3 Å². The number of hydrogen-bond acceptors (Lipinski definition) is 10. The molecule has 1 atom stereocenters. The van der Waals surface area contributed by atoms with Crippen LogP contribution in [0.2, 0.25) is 0 Å². The van der Waals surface area contributed by atoms with Crippen molar-refractivity contribution in [2.75, 3.05) is 24.9 Å². The van der Waals surface area contributed by atoms with Gasteiger partial charge in [0.15, 0.2) is 17.2 Å². The number of amides is 1. The lowest BCUT2D eigenvalue weighted by Crippen LogP contribution is -2.36. The summed E-state index contributed by atoms with van der Waals surface area (Å²) in [6, 6.07) is 10.6. The Bertz CT molecular complexity index is 1290. The Morgan fingerprint density at radius 3 is 2.41 bits per heavy atom. The second-order valence-corrected chi connectivity index (χ2v) is 9.24. The monoisotopic (exact) mass is 524 g/mol. The maximum atomic E-state index is 13.1. The van der Waals surface area contributed by atoms with Gasteiger partial charge in [-0.3, -0.25) is 14.5 Å². The minimum Gasteiger partial charge on any atom is -0.493 e. The van der Waals surface area contributed by atoms with E-state index >= 15 is 0 Å². The van der Waals surface area contributed by atoms with Crippen LogP contribution in [-0.4, -0.2) is 47.0 Å². The molecule has 0 bridgehead atoms. The van der Waals surface area contributed by atoms with E-state index in [1.807, 2.05) is 24.3 Å². The highest BCUT2D eigenvalue weighted by Gasteiger charge is 2.36. The van der Waals surface area contributed by atoms with Gasteiger partial charge in [-0.25, -0.2) is 0 Å². The number of carbonyl (C=O) groups is 2. The third kappa shape index (κ3) is 5.46. The Morgan fingerprint density at radius 2 is 1.78 bits per heavy atom. The molecular formula is C26H28N4O6S. The van der Waals surface area contributed by atoms with Gasteiger partial charge in [0.1, 0.15) is 0 Å². The van der Waals surface area contributed by atoms with Crippen molar-refractivity contribution in [1.82, 2.24) is 15.2 Å². The third-order valence-corrected chi connectivity index (χ3v) is 6.52. The second kappa shape index (κ2) is 11.5. The summed E-state index contributed by atoms with van der Waals surface area (Å²) in [4.78, 5) is 30.9. The van der Waals surface area contributed by atoms with Gasteiger partial charge in [-0.1, -0.05) is 43.3 Å². The molecule has 4 rings (SSSR count). The molecule has 0 spiro atoms. The van der Waals surface area contributed by atoms with Gasteiger partial charge in [-0.05, 0) is 24.6 Å². The molecule has 2 heterocycles. The first-order valence-electron chi connectivity index (χ1n) is 11.8. The molecule has 1 aliphatic heterocycles. The number of nitrogens with zero attached hydrogens (tertiary/aromatic N) is 4. The van der Waals surface area contributed by atoms with Gasteiger partial charge in [0.2, 0.25) is 28.9 Å². The molecule has 10 nitrogen and oxygen atoms in total. The summed E-state index contributed by atoms with van der Waals surface area (Å²) in [6.07, 6.45) is 1.11. The number of aromatic nitrogens is 3. The molecule has 0 aliphatic carbocycles. The molecule has 1 aliphatic rings. The number of rotatable bonds is 8. The number of ether oxygens (including phenoxy) is 4. The molecule has 3 aromatic rings. The number of carbonyl (C=O) groups excluding carboxylic acids is 2. The molecule has 2 aromatic carbocycles. The molecule has 0 saturated heterocycles. The number of para-hydroxylation sites is 1. The smallest absolute Gasteiger partial charge is 0.308 e. The average Bonchev–Trinajstić information content (AvgIpc) is 3.03. The molecule has 1 aromatic heterocycles. The highest BCUT2D eigenvalue weighted by atomic mass is 32.2. The maximum Gasteiger partial charge on any atom is 0.308 e. The van der Waals surface area contributed by atoms with Gasteiger partial charge in [0.25, 0.3) is 0 Å². The average molecular weight is 525 g/mol.